The van der Waals surface area contributed by atoms with Crippen LogP contribution < -0.4 is 25.2 Å². The number of hydrogen-bond acceptors (Lipinski definition) is 11. The van der Waals surface area contributed by atoms with Gasteiger partial charge in [0.15, 0.2) is 0 Å². The number of carbonyl (C=O) groups is 3. The zero-order valence-electron chi connectivity index (χ0n) is 35.6. The Morgan fingerprint density at radius 1 is 1.05 bits per heavy atom. The van der Waals surface area contributed by atoms with Gasteiger partial charge in [0.05, 0.1) is 29.6 Å². The van der Waals surface area contributed by atoms with Gasteiger partial charge >= 0.3 is 0 Å². The lowest BCUT2D eigenvalue weighted by atomic mass is 10.0. The van der Waals surface area contributed by atoms with Crippen molar-refractivity contribution in [1.29, 1.82) is 0 Å². The molecule has 3 aliphatic rings. The number of amides is 3. The zero-order chi connectivity index (χ0) is 44.5. The fraction of sp³-hybridized carbons (Fsp3) is 0.489. The Bertz CT molecular complexity index is 2470. The number of sulfonamides is 1. The standard InChI is InChI=1S/C45H54F2N6O7S2/c1-25(2)36-24-61-43(51-36)35-22-39(32-13-14-38(59-5)26(3)40(32)50-35)60-31-21-37(41(48)54)53(23-31)44(56)34(49-30-19-28(46)18-29(47)20-30)12-10-8-6-7-9-11-27-17-33(27)42(55)52-62(57,58)45(4)15-16-45/h9,11,13-14,18-20,22,24-25,27,31,33-34,37,49H,6-8,10,12,15-17,21,23H2,1-5H3,(H2,48,54)(H,52,55)/b11-9-/t27-,31-,33+,34+,37+/m1/s1. The largest absolute Gasteiger partial charge is 0.496 e. The summed E-state index contributed by atoms with van der Waals surface area (Å²) < 4.78 is 67.2. The van der Waals surface area contributed by atoms with Crippen molar-refractivity contribution in [2.45, 2.75) is 114 Å². The van der Waals surface area contributed by atoms with Crippen molar-refractivity contribution in [1.82, 2.24) is 19.6 Å². The molecule has 4 N–H and O–H groups in total. The van der Waals surface area contributed by atoms with E-state index in [1.54, 1.807) is 14.0 Å². The molecular formula is C45H54F2N6O7S2. The maximum Gasteiger partial charge on any atom is 0.245 e. The van der Waals surface area contributed by atoms with Crippen molar-refractivity contribution in [3.8, 4) is 22.2 Å². The number of aryl methyl sites for hydroxylation is 1. The average Bonchev–Trinajstić information content (AvgIpc) is 4.05. The third-order valence-electron chi connectivity index (χ3n) is 12.1. The first-order valence-corrected chi connectivity index (χ1v) is 23.5. The number of methoxy groups -OCH3 is 1. The summed E-state index contributed by atoms with van der Waals surface area (Å²) in [7, 11) is -2.08. The molecule has 1 saturated heterocycles. The molecule has 0 unspecified atom stereocenters. The van der Waals surface area contributed by atoms with Crippen LogP contribution in [0.25, 0.3) is 21.6 Å². The fourth-order valence-corrected chi connectivity index (χ4v) is 10.2. The van der Waals surface area contributed by atoms with Crippen LogP contribution >= 0.6 is 11.3 Å². The number of primary amides is 1. The summed E-state index contributed by atoms with van der Waals surface area (Å²) in [5, 5.41) is 6.46. The van der Waals surface area contributed by atoms with Crippen LogP contribution in [0.1, 0.15) is 95.7 Å². The first kappa shape index (κ1) is 44.9. The third-order valence-corrected chi connectivity index (χ3v) is 15.2. The summed E-state index contributed by atoms with van der Waals surface area (Å²) >= 11 is 1.48. The van der Waals surface area contributed by atoms with Crippen molar-refractivity contribution >= 4 is 55.7 Å². The second-order valence-electron chi connectivity index (χ2n) is 17.3. The number of aromatic nitrogens is 2. The molecule has 17 heteroatoms. The van der Waals surface area contributed by atoms with Crippen LogP contribution in [0.3, 0.4) is 0 Å². The zero-order valence-corrected chi connectivity index (χ0v) is 37.2. The number of fused-ring (bicyclic) bond motifs is 1. The summed E-state index contributed by atoms with van der Waals surface area (Å²) in [4.78, 5) is 51.1. The van der Waals surface area contributed by atoms with Crippen LogP contribution in [0.2, 0.25) is 0 Å². The lowest BCUT2D eigenvalue weighted by molar-refractivity contribution is -0.138. The molecule has 4 aromatic rings. The van der Waals surface area contributed by atoms with Crippen molar-refractivity contribution in [2.75, 3.05) is 19.0 Å². The molecule has 13 nitrogen and oxygen atoms in total. The Balaban J connectivity index is 1.02. The Kier molecular flexibility index (Phi) is 13.2. The molecule has 0 bridgehead atoms. The Morgan fingerprint density at radius 2 is 1.79 bits per heavy atom. The summed E-state index contributed by atoms with van der Waals surface area (Å²) in [6, 6.07) is 6.53. The van der Waals surface area contributed by atoms with Gasteiger partial charge in [-0.3, -0.25) is 19.1 Å². The van der Waals surface area contributed by atoms with Gasteiger partial charge < -0.3 is 25.4 Å². The van der Waals surface area contributed by atoms with Crippen LogP contribution in [0.4, 0.5) is 14.5 Å². The third kappa shape index (κ3) is 10.0. The molecule has 3 amide bonds. The summed E-state index contributed by atoms with van der Waals surface area (Å²) in [6.45, 7) is 7.72. The van der Waals surface area contributed by atoms with Gasteiger partial charge in [0, 0.05) is 46.5 Å². The molecule has 2 aliphatic carbocycles. The molecule has 5 atom stereocenters. The van der Waals surface area contributed by atoms with Gasteiger partial charge in [0.2, 0.25) is 27.7 Å². The number of thiazole rings is 1. The van der Waals surface area contributed by atoms with Gasteiger partial charge in [0.1, 0.15) is 52.0 Å². The number of halogens is 2. The average molecular weight is 893 g/mol. The summed E-state index contributed by atoms with van der Waals surface area (Å²) in [5.41, 5.74) is 9.01. The van der Waals surface area contributed by atoms with E-state index in [-0.39, 0.29) is 42.8 Å². The fourth-order valence-electron chi connectivity index (χ4n) is 7.91. The Labute approximate surface area is 364 Å². The van der Waals surface area contributed by atoms with E-state index in [2.05, 4.69) is 23.9 Å². The highest BCUT2D eigenvalue weighted by molar-refractivity contribution is 7.91. The highest BCUT2D eigenvalue weighted by atomic mass is 32.2. The molecule has 1 aliphatic heterocycles. The number of anilines is 1. The first-order valence-electron chi connectivity index (χ1n) is 21.1. The van der Waals surface area contributed by atoms with Crippen LogP contribution in [0.5, 0.6) is 11.5 Å². The van der Waals surface area contributed by atoms with E-state index in [4.69, 9.17) is 25.2 Å². The molecule has 3 fully saturated rings. The molecule has 2 aromatic heterocycles. The molecule has 2 saturated carbocycles. The molecule has 0 spiro atoms. The number of benzene rings is 2. The van der Waals surface area contributed by atoms with Gasteiger partial charge in [-0.05, 0) is 88.5 Å². The molecule has 0 radical (unpaired) electrons. The first-order chi connectivity index (χ1) is 29.5. The number of allylic oxidation sites excluding steroid dienone is 2. The van der Waals surface area contributed by atoms with E-state index < -0.39 is 62.3 Å². The number of pyridine rings is 1. The Hall–Kier alpha value is -5.16. The van der Waals surface area contributed by atoms with Crippen molar-refractivity contribution in [3.05, 3.63) is 76.8 Å². The van der Waals surface area contributed by atoms with Gasteiger partial charge in [-0.2, -0.15) is 0 Å². The quantitative estimate of drug-likeness (QED) is 0.0629. The predicted molar refractivity (Wildman–Crippen MR) is 234 cm³/mol. The Morgan fingerprint density at radius 3 is 2.45 bits per heavy atom. The highest BCUT2D eigenvalue weighted by Gasteiger charge is 2.52. The second-order valence-corrected chi connectivity index (χ2v) is 20.3. The maximum absolute atomic E-state index is 14.4. The van der Waals surface area contributed by atoms with Gasteiger partial charge in [-0.1, -0.05) is 38.8 Å². The number of nitrogens with one attached hydrogen (secondary N) is 2. The molecule has 62 heavy (non-hydrogen) atoms. The minimum atomic E-state index is -3.67. The molecule has 2 aromatic carbocycles. The number of hydrogen-bond donors (Lipinski definition) is 3. The second kappa shape index (κ2) is 18.3. The lowest BCUT2D eigenvalue weighted by Gasteiger charge is -2.28. The van der Waals surface area contributed by atoms with E-state index in [9.17, 15) is 31.6 Å². The van der Waals surface area contributed by atoms with Gasteiger partial charge in [-0.25, -0.2) is 27.2 Å². The number of unbranched alkanes of at least 4 members (excludes halogenated alkanes) is 3. The lowest BCUT2D eigenvalue weighted by Crippen LogP contribution is -2.49. The number of ether oxygens (including phenoxy) is 2. The molecule has 7 rings (SSSR count). The molecule has 3 heterocycles. The monoisotopic (exact) mass is 892 g/mol. The van der Waals surface area contributed by atoms with Crippen molar-refractivity contribution in [2.24, 2.45) is 17.6 Å². The van der Waals surface area contributed by atoms with Crippen molar-refractivity contribution in [3.63, 3.8) is 0 Å². The highest BCUT2D eigenvalue weighted by Crippen LogP contribution is 2.44. The summed E-state index contributed by atoms with van der Waals surface area (Å²) in [5.74, 6) is -2.21. The van der Waals surface area contributed by atoms with Gasteiger partial charge in [-0.15, -0.1) is 11.3 Å². The number of nitrogens with two attached hydrogens (primary N) is 1. The maximum atomic E-state index is 14.4. The smallest absolute Gasteiger partial charge is 0.245 e. The predicted octanol–water partition coefficient (Wildman–Crippen LogP) is 7.53. The van der Waals surface area contributed by atoms with E-state index in [0.717, 1.165) is 35.9 Å². The van der Waals surface area contributed by atoms with Crippen LogP contribution in [-0.4, -0.2) is 77.6 Å². The van der Waals surface area contributed by atoms with E-state index >= 15 is 0 Å². The number of likely N-dealkylation sites (tertiary alicyclic amines) is 1. The summed E-state index contributed by atoms with van der Waals surface area (Å²) in [6.07, 6.45) is 8.16. The molecular weight excluding hydrogens is 839 g/mol. The van der Waals surface area contributed by atoms with E-state index in [1.165, 1.54) is 16.2 Å². The SMILES string of the molecule is COc1ccc2c(O[C@@H]3C[C@@H](C(N)=O)N(C(=O)[C@H](CCCCC/C=C\[C@@H]4C[C@@H]4C(=O)NS(=O)(=O)C4(C)CC4)Nc4cc(F)cc(F)c4)C3)cc(-c3nc(C(C)C)cs3)nc2c1C. The number of rotatable bonds is 19. The van der Waals surface area contributed by atoms with Crippen LogP contribution in [-0.2, 0) is 24.4 Å². The van der Waals surface area contributed by atoms with Crippen LogP contribution in [0.15, 0.2) is 53.9 Å². The van der Waals surface area contributed by atoms with Crippen molar-refractivity contribution < 1.29 is 41.1 Å². The number of carbonyl (C=O) groups excluding carboxylic acids is 3. The topological polar surface area (TPSA) is 183 Å². The van der Waals surface area contributed by atoms with Gasteiger partial charge in [0.25, 0.3) is 0 Å². The minimum absolute atomic E-state index is 0.00979. The minimum Gasteiger partial charge on any atom is -0.496 e. The van der Waals surface area contributed by atoms with E-state index in [0.29, 0.717) is 71.6 Å². The number of nitrogens with zero attached hydrogens (tertiary/aromatic N) is 3. The van der Waals surface area contributed by atoms with Crippen LogP contribution in [0, 0.1) is 30.4 Å². The normalized spacial score (nSPS) is 21.0. The van der Waals surface area contributed by atoms with E-state index in [1.807, 2.05) is 42.7 Å². The molecule has 332 valence electrons.